The van der Waals surface area contributed by atoms with Crippen LogP contribution in [0, 0.1) is 0 Å². The van der Waals surface area contributed by atoms with Crippen molar-refractivity contribution in [3.8, 4) is 0 Å². The molecular weight excluding hydrogens is 352 g/mol. The summed E-state index contributed by atoms with van der Waals surface area (Å²) >= 11 is 0. The van der Waals surface area contributed by atoms with Gasteiger partial charge in [0.05, 0.1) is 11.6 Å². The van der Waals surface area contributed by atoms with Gasteiger partial charge in [-0.2, -0.15) is 5.10 Å². The highest BCUT2D eigenvalue weighted by molar-refractivity contribution is 5.81. The molecule has 28 heavy (non-hydrogen) atoms. The molecule has 1 N–H and O–H groups in total. The lowest BCUT2D eigenvalue weighted by Gasteiger charge is -2.31. The van der Waals surface area contributed by atoms with Gasteiger partial charge < -0.3 is 5.32 Å². The van der Waals surface area contributed by atoms with Crippen molar-refractivity contribution in [1.82, 2.24) is 20.0 Å². The molecule has 6 heteroatoms. The van der Waals surface area contributed by atoms with Gasteiger partial charge in [0, 0.05) is 31.1 Å². The maximum Gasteiger partial charge on any atom is 0.275 e. The summed E-state index contributed by atoms with van der Waals surface area (Å²) in [5, 5.41) is 8.48. The van der Waals surface area contributed by atoms with Gasteiger partial charge in [-0.15, -0.1) is 0 Å². The molecular formula is C22H24N4O2. The Morgan fingerprint density at radius 2 is 1.89 bits per heavy atom. The van der Waals surface area contributed by atoms with Gasteiger partial charge >= 0.3 is 0 Å². The SMILES string of the molecule is CC(CN1CCc2ccccc2C1)NC(=O)Cn1ncc2ccccc2c1=O. The van der Waals surface area contributed by atoms with Gasteiger partial charge in [-0.3, -0.25) is 14.5 Å². The minimum atomic E-state index is -0.242. The second-order valence-corrected chi connectivity index (χ2v) is 7.42. The van der Waals surface area contributed by atoms with E-state index in [1.165, 1.54) is 15.8 Å². The molecule has 0 saturated carbocycles. The van der Waals surface area contributed by atoms with Gasteiger partial charge in [-0.25, -0.2) is 4.68 Å². The summed E-state index contributed by atoms with van der Waals surface area (Å²) in [4.78, 5) is 27.3. The normalized spacial score (nSPS) is 15.2. The molecule has 2 heterocycles. The van der Waals surface area contributed by atoms with Gasteiger partial charge in [0.25, 0.3) is 5.56 Å². The molecule has 0 bridgehead atoms. The number of fused-ring (bicyclic) bond motifs is 2. The first-order chi connectivity index (χ1) is 13.6. The number of aromatic nitrogens is 2. The van der Waals surface area contributed by atoms with Crippen LogP contribution in [0.1, 0.15) is 18.1 Å². The first-order valence-corrected chi connectivity index (χ1v) is 9.63. The summed E-state index contributed by atoms with van der Waals surface area (Å²) in [5.74, 6) is -0.199. The van der Waals surface area contributed by atoms with Crippen LogP contribution in [-0.4, -0.2) is 39.7 Å². The summed E-state index contributed by atoms with van der Waals surface area (Å²) in [5.41, 5.74) is 2.53. The first kappa shape index (κ1) is 18.4. The third-order valence-corrected chi connectivity index (χ3v) is 5.20. The van der Waals surface area contributed by atoms with E-state index in [-0.39, 0.29) is 24.1 Å². The lowest BCUT2D eigenvalue weighted by atomic mass is 10.00. The average molecular weight is 376 g/mol. The van der Waals surface area contributed by atoms with E-state index in [0.717, 1.165) is 31.4 Å². The number of rotatable bonds is 5. The van der Waals surface area contributed by atoms with Crippen molar-refractivity contribution in [3.63, 3.8) is 0 Å². The van der Waals surface area contributed by atoms with Crippen LogP contribution in [0.15, 0.2) is 59.5 Å². The van der Waals surface area contributed by atoms with E-state index >= 15 is 0 Å². The molecule has 1 aromatic heterocycles. The zero-order valence-corrected chi connectivity index (χ0v) is 16.0. The topological polar surface area (TPSA) is 67.2 Å². The molecule has 2 aromatic carbocycles. The summed E-state index contributed by atoms with van der Waals surface area (Å²) in [7, 11) is 0. The van der Waals surface area contributed by atoms with E-state index in [4.69, 9.17) is 0 Å². The van der Waals surface area contributed by atoms with Crippen molar-refractivity contribution in [2.75, 3.05) is 13.1 Å². The van der Waals surface area contributed by atoms with E-state index in [0.29, 0.717) is 5.39 Å². The number of carbonyl (C=O) groups is 1. The predicted octanol–water partition coefficient (Wildman–Crippen LogP) is 1.96. The second-order valence-electron chi connectivity index (χ2n) is 7.42. The van der Waals surface area contributed by atoms with E-state index < -0.39 is 0 Å². The van der Waals surface area contributed by atoms with Crippen molar-refractivity contribution in [1.29, 1.82) is 0 Å². The smallest absolute Gasteiger partial charge is 0.275 e. The van der Waals surface area contributed by atoms with Crippen LogP contribution in [-0.2, 0) is 24.3 Å². The molecule has 0 spiro atoms. The molecule has 1 aliphatic heterocycles. The van der Waals surface area contributed by atoms with E-state index in [1.807, 2.05) is 25.1 Å². The number of nitrogens with zero attached hydrogens (tertiary/aromatic N) is 3. The molecule has 3 aromatic rings. The monoisotopic (exact) mass is 376 g/mol. The van der Waals surface area contributed by atoms with Gasteiger partial charge in [-0.05, 0) is 30.5 Å². The van der Waals surface area contributed by atoms with Crippen molar-refractivity contribution >= 4 is 16.7 Å². The maximum absolute atomic E-state index is 12.5. The molecule has 144 valence electrons. The Morgan fingerprint density at radius 3 is 2.75 bits per heavy atom. The van der Waals surface area contributed by atoms with Crippen LogP contribution < -0.4 is 10.9 Å². The summed E-state index contributed by atoms with van der Waals surface area (Å²) in [6.45, 7) is 4.59. The van der Waals surface area contributed by atoms with Crippen LogP contribution in [0.5, 0.6) is 0 Å². The maximum atomic E-state index is 12.5. The molecule has 0 aliphatic carbocycles. The Kier molecular flexibility index (Phi) is 5.21. The molecule has 1 unspecified atom stereocenters. The summed E-state index contributed by atoms with van der Waals surface area (Å²) < 4.78 is 1.22. The number of benzene rings is 2. The van der Waals surface area contributed by atoms with Crippen molar-refractivity contribution < 1.29 is 4.79 Å². The zero-order valence-electron chi connectivity index (χ0n) is 16.0. The standard InChI is InChI=1S/C22H24N4O2/c1-16(13-25-11-10-17-6-2-3-8-19(17)14-25)24-21(27)15-26-22(28)20-9-5-4-7-18(20)12-23-26/h2-9,12,16H,10-11,13-15H2,1H3,(H,24,27). The number of amides is 1. The Hall–Kier alpha value is -2.99. The molecule has 6 nitrogen and oxygen atoms in total. The molecule has 1 amide bonds. The summed E-state index contributed by atoms with van der Waals surface area (Å²) in [6, 6.07) is 15.8. The number of hydrogen-bond donors (Lipinski definition) is 1. The third kappa shape index (κ3) is 3.97. The highest BCUT2D eigenvalue weighted by Crippen LogP contribution is 2.18. The van der Waals surface area contributed by atoms with E-state index in [9.17, 15) is 9.59 Å². The highest BCUT2D eigenvalue weighted by atomic mass is 16.2. The molecule has 1 aliphatic rings. The fourth-order valence-corrected chi connectivity index (χ4v) is 3.84. The lowest BCUT2D eigenvalue weighted by Crippen LogP contribution is -2.45. The fourth-order valence-electron chi connectivity index (χ4n) is 3.84. The molecule has 1 atom stereocenters. The number of carbonyl (C=O) groups excluding carboxylic acids is 1. The Balaban J connectivity index is 1.35. The van der Waals surface area contributed by atoms with Gasteiger partial charge in [0.2, 0.25) is 5.91 Å². The Labute approximate surface area is 163 Å². The quantitative estimate of drug-likeness (QED) is 0.739. The average Bonchev–Trinajstić information content (AvgIpc) is 2.70. The number of hydrogen-bond acceptors (Lipinski definition) is 4. The van der Waals surface area contributed by atoms with Crippen molar-refractivity contribution in [2.45, 2.75) is 32.5 Å². The van der Waals surface area contributed by atoms with Gasteiger partial charge in [0.15, 0.2) is 0 Å². The highest BCUT2D eigenvalue weighted by Gasteiger charge is 2.19. The van der Waals surface area contributed by atoms with Crippen LogP contribution in [0.3, 0.4) is 0 Å². The van der Waals surface area contributed by atoms with Crippen LogP contribution in [0.25, 0.3) is 10.8 Å². The van der Waals surface area contributed by atoms with Gasteiger partial charge in [-0.1, -0.05) is 42.5 Å². The van der Waals surface area contributed by atoms with E-state index in [1.54, 1.807) is 12.3 Å². The largest absolute Gasteiger partial charge is 0.351 e. The van der Waals surface area contributed by atoms with Crippen molar-refractivity contribution in [2.24, 2.45) is 0 Å². The molecule has 4 rings (SSSR count). The molecule has 0 fully saturated rings. The Bertz CT molecular complexity index is 1060. The minimum absolute atomic E-state index is 0.00563. The lowest BCUT2D eigenvalue weighted by molar-refractivity contribution is -0.122. The molecule has 0 radical (unpaired) electrons. The predicted molar refractivity (Wildman–Crippen MR) is 109 cm³/mol. The summed E-state index contributed by atoms with van der Waals surface area (Å²) in [6.07, 6.45) is 2.66. The fraction of sp³-hybridized carbons (Fsp3) is 0.318. The van der Waals surface area contributed by atoms with Crippen molar-refractivity contribution in [3.05, 3.63) is 76.2 Å². The Morgan fingerprint density at radius 1 is 1.14 bits per heavy atom. The van der Waals surface area contributed by atoms with E-state index in [2.05, 4.69) is 39.6 Å². The third-order valence-electron chi connectivity index (χ3n) is 5.20. The minimum Gasteiger partial charge on any atom is -0.351 e. The van der Waals surface area contributed by atoms with Crippen LogP contribution in [0.4, 0.5) is 0 Å². The van der Waals surface area contributed by atoms with Crippen LogP contribution >= 0.6 is 0 Å². The van der Waals surface area contributed by atoms with Crippen LogP contribution in [0.2, 0.25) is 0 Å². The zero-order chi connectivity index (χ0) is 19.5. The van der Waals surface area contributed by atoms with Gasteiger partial charge in [0.1, 0.15) is 6.54 Å². The second kappa shape index (κ2) is 7.94. The first-order valence-electron chi connectivity index (χ1n) is 9.63. The molecule has 0 saturated heterocycles. The number of nitrogens with one attached hydrogen (secondary N) is 1.